The molecule has 0 bridgehead atoms. The quantitative estimate of drug-likeness (QED) is 0.539. The van der Waals surface area contributed by atoms with E-state index in [2.05, 4.69) is 25.6 Å². The molecule has 0 aliphatic carbocycles. The number of hydrogen-bond donors (Lipinski definition) is 2. The SMILES string of the molecule is COCNc1nc(NCOC)nc(N(COC)COC)n1. The molecule has 10 nitrogen and oxygen atoms in total. The smallest absolute Gasteiger partial charge is 0.235 e. The van der Waals surface area contributed by atoms with E-state index in [1.165, 1.54) is 0 Å². The van der Waals surface area contributed by atoms with Crippen molar-refractivity contribution in [1.29, 1.82) is 0 Å². The summed E-state index contributed by atoms with van der Waals surface area (Å²) in [6.07, 6.45) is 0. The van der Waals surface area contributed by atoms with Gasteiger partial charge < -0.3 is 29.6 Å². The number of hydrogen-bond acceptors (Lipinski definition) is 10. The lowest BCUT2D eigenvalue weighted by atomic mass is 10.7. The van der Waals surface area contributed by atoms with Gasteiger partial charge in [-0.25, -0.2) is 0 Å². The summed E-state index contributed by atoms with van der Waals surface area (Å²) < 4.78 is 20.1. The lowest BCUT2D eigenvalue weighted by Crippen LogP contribution is -2.30. The summed E-state index contributed by atoms with van der Waals surface area (Å²) in [5.41, 5.74) is 0. The lowest BCUT2D eigenvalue weighted by molar-refractivity contribution is 0.139. The van der Waals surface area contributed by atoms with Gasteiger partial charge in [0.25, 0.3) is 0 Å². The van der Waals surface area contributed by atoms with E-state index in [1.54, 1.807) is 33.3 Å². The zero-order valence-corrected chi connectivity index (χ0v) is 12.8. The fourth-order valence-corrected chi connectivity index (χ4v) is 1.40. The molecule has 0 aliphatic rings. The summed E-state index contributed by atoms with van der Waals surface area (Å²) in [5, 5.41) is 5.83. The first-order valence-corrected chi connectivity index (χ1v) is 6.19. The number of anilines is 3. The number of aromatic nitrogens is 3. The van der Waals surface area contributed by atoms with Gasteiger partial charge in [-0.1, -0.05) is 0 Å². The van der Waals surface area contributed by atoms with Crippen molar-refractivity contribution in [2.24, 2.45) is 0 Å². The molecular weight excluding hydrogens is 280 g/mol. The maximum atomic E-state index is 5.11. The second-order valence-corrected chi connectivity index (χ2v) is 3.88. The minimum absolute atomic E-state index is 0.279. The zero-order valence-electron chi connectivity index (χ0n) is 12.8. The Balaban J connectivity index is 2.96. The van der Waals surface area contributed by atoms with Gasteiger partial charge in [-0.3, -0.25) is 4.90 Å². The predicted octanol–water partition coefficient (Wildman–Crippen LogP) is -0.0826. The molecule has 1 rings (SSSR count). The topological polar surface area (TPSA) is 103 Å². The Hall–Kier alpha value is -1.75. The monoisotopic (exact) mass is 302 g/mol. The second-order valence-electron chi connectivity index (χ2n) is 3.88. The Morgan fingerprint density at radius 3 is 1.62 bits per heavy atom. The number of ether oxygens (including phenoxy) is 4. The molecule has 10 heteroatoms. The lowest BCUT2D eigenvalue weighted by Gasteiger charge is -2.21. The number of nitrogens with one attached hydrogen (secondary N) is 2. The van der Waals surface area contributed by atoms with E-state index in [0.717, 1.165) is 0 Å². The van der Waals surface area contributed by atoms with Gasteiger partial charge in [-0.15, -0.1) is 0 Å². The molecule has 2 N–H and O–H groups in total. The number of rotatable bonds is 11. The molecule has 0 amide bonds. The van der Waals surface area contributed by atoms with Crippen LogP contribution in [0.2, 0.25) is 0 Å². The highest BCUT2D eigenvalue weighted by Gasteiger charge is 2.13. The molecule has 0 fully saturated rings. The third-order valence-corrected chi connectivity index (χ3v) is 2.23. The van der Waals surface area contributed by atoms with Crippen LogP contribution in [0.15, 0.2) is 0 Å². The maximum Gasteiger partial charge on any atom is 0.235 e. The normalized spacial score (nSPS) is 10.5. The van der Waals surface area contributed by atoms with Gasteiger partial charge in [0, 0.05) is 28.4 Å². The molecule has 0 saturated heterocycles. The second kappa shape index (κ2) is 10.0. The standard InChI is InChI=1S/C11H22N6O4/c1-18-5-12-9-14-10(13-6-19-2)16-11(15-9)17(7-20-3)8-21-4/h5-8H2,1-4H3,(H2,12,13,14,15,16). The molecule has 0 radical (unpaired) electrons. The third-order valence-electron chi connectivity index (χ3n) is 2.23. The summed E-state index contributed by atoms with van der Waals surface area (Å²) in [6, 6.07) is 0. The maximum absolute atomic E-state index is 5.11. The molecule has 120 valence electrons. The summed E-state index contributed by atoms with van der Waals surface area (Å²) in [4.78, 5) is 14.5. The van der Waals surface area contributed by atoms with Crippen LogP contribution in [0.5, 0.6) is 0 Å². The fraction of sp³-hybridized carbons (Fsp3) is 0.727. The van der Waals surface area contributed by atoms with Crippen molar-refractivity contribution in [2.45, 2.75) is 0 Å². The molecule has 21 heavy (non-hydrogen) atoms. The third kappa shape index (κ3) is 6.04. The molecule has 1 aromatic rings. The average molecular weight is 302 g/mol. The van der Waals surface area contributed by atoms with Gasteiger partial charge in [0.15, 0.2) is 0 Å². The Bertz CT molecular complexity index is 376. The zero-order chi connectivity index (χ0) is 15.5. The van der Waals surface area contributed by atoms with E-state index in [0.29, 0.717) is 17.8 Å². The summed E-state index contributed by atoms with van der Waals surface area (Å²) in [5.74, 6) is 1.15. The highest BCUT2D eigenvalue weighted by atomic mass is 16.5. The van der Waals surface area contributed by atoms with E-state index in [1.807, 2.05) is 0 Å². The Kier molecular flexibility index (Phi) is 8.28. The Labute approximate surface area is 123 Å². The van der Waals surface area contributed by atoms with E-state index in [-0.39, 0.29) is 26.9 Å². The van der Waals surface area contributed by atoms with Gasteiger partial charge in [0.2, 0.25) is 17.8 Å². The Morgan fingerprint density at radius 2 is 1.24 bits per heavy atom. The van der Waals surface area contributed by atoms with Crippen molar-refractivity contribution in [2.75, 3.05) is 70.9 Å². The average Bonchev–Trinajstić information content (AvgIpc) is 2.50. The first-order chi connectivity index (χ1) is 10.2. The van der Waals surface area contributed by atoms with Gasteiger partial charge in [-0.2, -0.15) is 15.0 Å². The van der Waals surface area contributed by atoms with Crippen molar-refractivity contribution in [3.8, 4) is 0 Å². The molecule has 0 aromatic carbocycles. The van der Waals surface area contributed by atoms with E-state index in [9.17, 15) is 0 Å². The molecular formula is C11H22N6O4. The van der Waals surface area contributed by atoms with Crippen LogP contribution in [0.1, 0.15) is 0 Å². The van der Waals surface area contributed by atoms with Gasteiger partial charge in [0.05, 0.1) is 0 Å². The van der Waals surface area contributed by atoms with Crippen molar-refractivity contribution in [3.63, 3.8) is 0 Å². The van der Waals surface area contributed by atoms with Crippen molar-refractivity contribution >= 4 is 17.8 Å². The highest BCUT2D eigenvalue weighted by molar-refractivity contribution is 5.43. The molecule has 0 saturated carbocycles. The van der Waals surface area contributed by atoms with E-state index >= 15 is 0 Å². The molecule has 0 unspecified atom stereocenters. The minimum Gasteiger partial charge on any atom is -0.364 e. The number of methoxy groups -OCH3 is 4. The molecule has 0 spiro atoms. The molecule has 0 atom stereocenters. The van der Waals surface area contributed by atoms with Crippen LogP contribution < -0.4 is 15.5 Å². The van der Waals surface area contributed by atoms with E-state index in [4.69, 9.17) is 18.9 Å². The van der Waals surface area contributed by atoms with Crippen LogP contribution in [0.3, 0.4) is 0 Å². The van der Waals surface area contributed by atoms with Crippen LogP contribution in [-0.2, 0) is 18.9 Å². The van der Waals surface area contributed by atoms with Gasteiger partial charge in [0.1, 0.15) is 26.9 Å². The van der Waals surface area contributed by atoms with E-state index < -0.39 is 0 Å². The first-order valence-electron chi connectivity index (χ1n) is 6.19. The van der Waals surface area contributed by atoms with Gasteiger partial charge in [-0.05, 0) is 0 Å². The van der Waals surface area contributed by atoms with Crippen LogP contribution in [-0.4, -0.2) is 70.3 Å². The summed E-state index contributed by atoms with van der Waals surface area (Å²) >= 11 is 0. The van der Waals surface area contributed by atoms with Crippen LogP contribution >= 0.6 is 0 Å². The highest BCUT2D eigenvalue weighted by Crippen LogP contribution is 2.13. The minimum atomic E-state index is 0.279. The molecule has 1 aromatic heterocycles. The first kappa shape index (κ1) is 17.3. The van der Waals surface area contributed by atoms with Crippen molar-refractivity contribution in [3.05, 3.63) is 0 Å². The molecule has 0 aliphatic heterocycles. The number of nitrogens with zero attached hydrogens (tertiary/aromatic N) is 4. The Morgan fingerprint density at radius 1 is 0.762 bits per heavy atom. The van der Waals surface area contributed by atoms with Crippen LogP contribution in [0, 0.1) is 0 Å². The molecule has 1 heterocycles. The predicted molar refractivity (Wildman–Crippen MR) is 77.1 cm³/mol. The van der Waals surface area contributed by atoms with Crippen molar-refractivity contribution < 1.29 is 18.9 Å². The largest absolute Gasteiger partial charge is 0.364 e. The van der Waals surface area contributed by atoms with Gasteiger partial charge >= 0.3 is 0 Å². The van der Waals surface area contributed by atoms with Crippen LogP contribution in [0.25, 0.3) is 0 Å². The summed E-state index contributed by atoms with van der Waals surface area (Å²) in [6.45, 7) is 1.13. The van der Waals surface area contributed by atoms with Crippen LogP contribution in [0.4, 0.5) is 17.8 Å². The summed E-state index contributed by atoms with van der Waals surface area (Å²) in [7, 11) is 6.30. The fourth-order valence-electron chi connectivity index (χ4n) is 1.40. The van der Waals surface area contributed by atoms with Crippen molar-refractivity contribution in [1.82, 2.24) is 15.0 Å².